The van der Waals surface area contributed by atoms with Crippen LogP contribution in [0.1, 0.15) is 48.3 Å². The van der Waals surface area contributed by atoms with Crippen molar-refractivity contribution >= 4 is 17.4 Å². The van der Waals surface area contributed by atoms with Crippen LogP contribution in [0.25, 0.3) is 0 Å². The summed E-state index contributed by atoms with van der Waals surface area (Å²) in [5.74, 6) is 0.0579. The Balaban J connectivity index is 1.43. The summed E-state index contributed by atoms with van der Waals surface area (Å²) in [6, 6.07) is 6.32. The number of ether oxygens (including phenoxy) is 2. The lowest BCUT2D eigenvalue weighted by atomic mass is 10.0. The minimum Gasteiger partial charge on any atom is -0.347 e. The molecule has 0 bridgehead atoms. The van der Waals surface area contributed by atoms with Crippen molar-refractivity contribution in [2.75, 3.05) is 31.6 Å². The molecule has 0 unspecified atom stereocenters. The van der Waals surface area contributed by atoms with Gasteiger partial charge in [0.2, 0.25) is 0 Å². The largest absolute Gasteiger partial charge is 0.347 e. The van der Waals surface area contributed by atoms with E-state index < -0.39 is 5.79 Å². The highest BCUT2D eigenvalue weighted by Crippen LogP contribution is 2.31. The van der Waals surface area contributed by atoms with Crippen LogP contribution in [-0.2, 0) is 22.3 Å². The maximum Gasteiger partial charge on any atom is 0.274 e. The highest BCUT2D eigenvalue weighted by atomic mass is 16.7. The monoisotopic (exact) mass is 396 g/mol. The number of carbonyl (C=O) groups is 1. The number of hydrogen-bond donors (Lipinski definition) is 1. The van der Waals surface area contributed by atoms with Gasteiger partial charge in [0.15, 0.2) is 5.79 Å². The van der Waals surface area contributed by atoms with E-state index in [4.69, 9.17) is 9.47 Å². The summed E-state index contributed by atoms with van der Waals surface area (Å²) in [6.45, 7) is 6.74. The summed E-state index contributed by atoms with van der Waals surface area (Å²) in [7, 11) is 0. The van der Waals surface area contributed by atoms with Crippen molar-refractivity contribution in [1.82, 2.24) is 14.9 Å². The second-order valence-electron chi connectivity index (χ2n) is 7.47. The maximum atomic E-state index is 12.8. The number of nitrogens with one attached hydrogen (secondary N) is 1. The highest BCUT2D eigenvalue weighted by Gasteiger charge is 2.41. The molecule has 154 valence electrons. The van der Waals surface area contributed by atoms with Gasteiger partial charge in [0, 0.05) is 31.6 Å². The third-order valence-corrected chi connectivity index (χ3v) is 5.75. The van der Waals surface area contributed by atoms with E-state index >= 15 is 0 Å². The molecule has 1 aromatic carbocycles. The van der Waals surface area contributed by atoms with E-state index in [-0.39, 0.29) is 5.91 Å². The second-order valence-corrected chi connectivity index (χ2v) is 7.47. The number of carbonyl (C=O) groups excluding carboxylic acids is 1. The molecule has 3 heterocycles. The van der Waals surface area contributed by atoms with Gasteiger partial charge in [0.1, 0.15) is 11.5 Å². The quantitative estimate of drug-likeness (QED) is 0.835. The molecule has 2 fully saturated rings. The van der Waals surface area contributed by atoms with Crippen molar-refractivity contribution in [3.8, 4) is 0 Å². The van der Waals surface area contributed by atoms with Gasteiger partial charge in [-0.25, -0.2) is 9.97 Å². The van der Waals surface area contributed by atoms with Crippen LogP contribution in [0.15, 0.2) is 30.6 Å². The Hall–Kier alpha value is -2.51. The number of piperidine rings is 1. The molecular weight excluding hydrogens is 368 g/mol. The van der Waals surface area contributed by atoms with Crippen molar-refractivity contribution in [1.29, 1.82) is 0 Å². The minimum atomic E-state index is -0.486. The number of rotatable bonds is 5. The number of benzene rings is 1. The SMILES string of the molecule is CCc1cccc(CC)c1Nc1cnc(C(=O)N2CCC3(CC2)OCCO3)cn1. The van der Waals surface area contributed by atoms with E-state index in [1.54, 1.807) is 17.3 Å². The minimum absolute atomic E-state index is 0.0971. The molecule has 7 heteroatoms. The molecule has 1 spiro atoms. The first-order chi connectivity index (χ1) is 14.1. The number of hydrogen-bond acceptors (Lipinski definition) is 6. The van der Waals surface area contributed by atoms with Crippen molar-refractivity contribution in [2.24, 2.45) is 0 Å². The molecule has 2 aliphatic heterocycles. The molecule has 0 aliphatic carbocycles. The Morgan fingerprint density at radius 1 is 1.07 bits per heavy atom. The van der Waals surface area contributed by atoms with Crippen molar-refractivity contribution in [3.63, 3.8) is 0 Å². The molecule has 7 nitrogen and oxygen atoms in total. The zero-order valence-electron chi connectivity index (χ0n) is 17.1. The zero-order valence-corrected chi connectivity index (χ0v) is 17.1. The standard InChI is InChI=1S/C22H28N4O3/c1-3-16-6-5-7-17(4-2)20(16)25-19-15-23-18(14-24-19)21(27)26-10-8-22(9-11-26)28-12-13-29-22/h5-7,14-15H,3-4,8-13H2,1-2H3,(H,24,25). The molecular formula is C22H28N4O3. The lowest BCUT2D eigenvalue weighted by Crippen LogP contribution is -2.47. The Bertz CT molecular complexity index is 831. The number of amides is 1. The maximum absolute atomic E-state index is 12.8. The van der Waals surface area contributed by atoms with E-state index in [9.17, 15) is 4.79 Å². The molecule has 1 aromatic heterocycles. The first-order valence-corrected chi connectivity index (χ1v) is 10.4. The number of nitrogens with zero attached hydrogens (tertiary/aromatic N) is 3. The molecule has 29 heavy (non-hydrogen) atoms. The molecule has 0 radical (unpaired) electrons. The lowest BCUT2D eigenvalue weighted by Gasteiger charge is -2.37. The fraction of sp³-hybridized carbons (Fsp3) is 0.500. The van der Waals surface area contributed by atoms with Gasteiger partial charge in [-0.05, 0) is 24.0 Å². The van der Waals surface area contributed by atoms with Gasteiger partial charge in [0.25, 0.3) is 5.91 Å². The number of anilines is 2. The van der Waals surface area contributed by atoms with Crippen molar-refractivity contribution in [2.45, 2.75) is 45.3 Å². The van der Waals surface area contributed by atoms with Crippen LogP contribution < -0.4 is 5.32 Å². The number of para-hydroxylation sites is 1. The third-order valence-electron chi connectivity index (χ3n) is 5.75. The number of aromatic nitrogens is 2. The van der Waals surface area contributed by atoms with E-state index in [0.29, 0.717) is 50.7 Å². The molecule has 2 saturated heterocycles. The predicted molar refractivity (Wildman–Crippen MR) is 110 cm³/mol. The number of likely N-dealkylation sites (tertiary alicyclic amines) is 1. The second kappa shape index (κ2) is 8.47. The fourth-order valence-electron chi connectivity index (χ4n) is 4.03. The Morgan fingerprint density at radius 2 is 1.72 bits per heavy atom. The molecule has 2 aliphatic rings. The normalized spacial score (nSPS) is 18.2. The zero-order chi connectivity index (χ0) is 20.3. The van der Waals surface area contributed by atoms with Crippen LogP contribution in [0.2, 0.25) is 0 Å². The average molecular weight is 396 g/mol. The third kappa shape index (κ3) is 4.11. The summed E-state index contributed by atoms with van der Waals surface area (Å²) < 4.78 is 11.5. The van der Waals surface area contributed by atoms with Gasteiger partial charge in [-0.2, -0.15) is 0 Å². The Labute approximate surface area is 171 Å². The summed E-state index contributed by atoms with van der Waals surface area (Å²) in [5.41, 5.74) is 3.93. The average Bonchev–Trinajstić information content (AvgIpc) is 3.22. The lowest BCUT2D eigenvalue weighted by molar-refractivity contribution is -0.181. The first-order valence-electron chi connectivity index (χ1n) is 10.4. The summed E-state index contributed by atoms with van der Waals surface area (Å²) >= 11 is 0. The van der Waals surface area contributed by atoms with Crippen LogP contribution >= 0.6 is 0 Å². The summed E-state index contributed by atoms with van der Waals surface area (Å²) in [6.07, 6.45) is 6.44. The smallest absolute Gasteiger partial charge is 0.274 e. The van der Waals surface area contributed by atoms with Crippen LogP contribution in [0, 0.1) is 0 Å². The molecule has 1 amide bonds. The van der Waals surface area contributed by atoms with Crippen LogP contribution in [-0.4, -0.2) is 52.9 Å². The van der Waals surface area contributed by atoms with Crippen LogP contribution in [0.4, 0.5) is 11.5 Å². The Morgan fingerprint density at radius 3 is 2.28 bits per heavy atom. The topological polar surface area (TPSA) is 76.6 Å². The predicted octanol–water partition coefficient (Wildman–Crippen LogP) is 3.32. The van der Waals surface area contributed by atoms with Gasteiger partial charge in [0.05, 0.1) is 25.6 Å². The molecule has 4 rings (SSSR count). The van der Waals surface area contributed by atoms with Gasteiger partial charge < -0.3 is 19.7 Å². The van der Waals surface area contributed by atoms with E-state index in [1.807, 2.05) is 0 Å². The van der Waals surface area contributed by atoms with Gasteiger partial charge in [-0.1, -0.05) is 32.0 Å². The highest BCUT2D eigenvalue weighted by molar-refractivity contribution is 5.92. The first kappa shape index (κ1) is 19.8. The summed E-state index contributed by atoms with van der Waals surface area (Å²) in [4.78, 5) is 23.4. The molecule has 0 atom stereocenters. The van der Waals surface area contributed by atoms with E-state index in [2.05, 4.69) is 47.3 Å². The van der Waals surface area contributed by atoms with Crippen molar-refractivity contribution in [3.05, 3.63) is 47.4 Å². The molecule has 1 N–H and O–H groups in total. The van der Waals surface area contributed by atoms with E-state index in [0.717, 1.165) is 18.5 Å². The molecule has 0 saturated carbocycles. The van der Waals surface area contributed by atoms with Gasteiger partial charge >= 0.3 is 0 Å². The molecule has 2 aromatic rings. The van der Waals surface area contributed by atoms with E-state index in [1.165, 1.54) is 11.1 Å². The van der Waals surface area contributed by atoms with Gasteiger partial charge in [-0.15, -0.1) is 0 Å². The van der Waals surface area contributed by atoms with Gasteiger partial charge in [-0.3, -0.25) is 4.79 Å². The van der Waals surface area contributed by atoms with Crippen LogP contribution in [0.5, 0.6) is 0 Å². The van der Waals surface area contributed by atoms with Crippen molar-refractivity contribution < 1.29 is 14.3 Å². The van der Waals surface area contributed by atoms with Crippen LogP contribution in [0.3, 0.4) is 0 Å². The Kier molecular flexibility index (Phi) is 5.78. The summed E-state index contributed by atoms with van der Waals surface area (Å²) in [5, 5.41) is 3.39. The number of aryl methyl sites for hydroxylation is 2. The fourth-order valence-corrected chi connectivity index (χ4v) is 4.03.